The molecule has 1 aromatic heterocycles. The fourth-order valence-electron chi connectivity index (χ4n) is 1.67. The number of aromatic nitrogens is 1. The highest BCUT2D eigenvalue weighted by Crippen LogP contribution is 2.33. The van der Waals surface area contributed by atoms with Crippen LogP contribution in [0.25, 0.3) is 10.8 Å². The molecule has 7 heteroatoms. The molecule has 0 atom stereocenters. The van der Waals surface area contributed by atoms with Gasteiger partial charge in [0.15, 0.2) is 17.5 Å². The number of rotatable bonds is 1. The lowest BCUT2D eigenvalue weighted by Crippen LogP contribution is -2.27. The van der Waals surface area contributed by atoms with E-state index in [2.05, 4.69) is 4.98 Å². The maximum Gasteiger partial charge on any atom is 0.225 e. The standard InChI is InChI=1S/C10H9F3N4/c1-17(15)8-4-2-3-5(11)7(12)6(4)9(13)16-10(8)14/h2-3H,15H2,1H3,(H2,14,16). The summed E-state index contributed by atoms with van der Waals surface area (Å²) in [6.45, 7) is 0. The second kappa shape index (κ2) is 3.77. The average molecular weight is 242 g/mol. The third-order valence-electron chi connectivity index (χ3n) is 2.37. The molecule has 0 bridgehead atoms. The van der Waals surface area contributed by atoms with Crippen LogP contribution in [0.2, 0.25) is 0 Å². The predicted octanol–water partition coefficient (Wildman–Crippen LogP) is 1.54. The number of anilines is 2. The molecule has 1 heterocycles. The predicted molar refractivity (Wildman–Crippen MR) is 58.6 cm³/mol. The number of benzene rings is 1. The van der Waals surface area contributed by atoms with Crippen LogP contribution < -0.4 is 16.6 Å². The fourth-order valence-corrected chi connectivity index (χ4v) is 1.67. The summed E-state index contributed by atoms with van der Waals surface area (Å²) in [7, 11) is 1.44. The van der Waals surface area contributed by atoms with Gasteiger partial charge in [-0.3, -0.25) is 0 Å². The molecule has 0 spiro atoms. The van der Waals surface area contributed by atoms with Gasteiger partial charge in [0.25, 0.3) is 0 Å². The van der Waals surface area contributed by atoms with Crippen LogP contribution in [0.3, 0.4) is 0 Å². The van der Waals surface area contributed by atoms with Crippen molar-refractivity contribution in [3.8, 4) is 0 Å². The fraction of sp³-hybridized carbons (Fsp3) is 0.100. The second-order valence-electron chi connectivity index (χ2n) is 3.53. The van der Waals surface area contributed by atoms with Gasteiger partial charge in [0.05, 0.1) is 5.39 Å². The van der Waals surface area contributed by atoms with E-state index >= 15 is 0 Å². The minimum Gasteiger partial charge on any atom is -0.382 e. The van der Waals surface area contributed by atoms with Crippen molar-refractivity contribution in [1.82, 2.24) is 4.98 Å². The summed E-state index contributed by atoms with van der Waals surface area (Å²) in [6, 6.07) is 2.08. The minimum atomic E-state index is -1.31. The number of pyridine rings is 1. The normalized spacial score (nSPS) is 10.9. The van der Waals surface area contributed by atoms with Crippen molar-refractivity contribution in [3.63, 3.8) is 0 Å². The highest BCUT2D eigenvalue weighted by Gasteiger charge is 2.19. The molecule has 0 saturated heterocycles. The maximum atomic E-state index is 13.5. The van der Waals surface area contributed by atoms with Crippen molar-refractivity contribution in [3.05, 3.63) is 29.7 Å². The molecule has 4 nitrogen and oxygen atoms in total. The molecule has 0 unspecified atom stereocenters. The van der Waals surface area contributed by atoms with Gasteiger partial charge in [0, 0.05) is 12.4 Å². The Morgan fingerprint density at radius 3 is 2.47 bits per heavy atom. The van der Waals surface area contributed by atoms with Gasteiger partial charge in [0.2, 0.25) is 5.95 Å². The summed E-state index contributed by atoms with van der Waals surface area (Å²) in [6.07, 6.45) is 0. The smallest absolute Gasteiger partial charge is 0.225 e. The Bertz CT molecular complexity index is 598. The number of hydrogen-bond acceptors (Lipinski definition) is 4. The SMILES string of the molecule is CN(N)c1c(N)nc(F)c2c(F)c(F)ccc12. The highest BCUT2D eigenvalue weighted by molar-refractivity contribution is 5.98. The van der Waals surface area contributed by atoms with Gasteiger partial charge in [0.1, 0.15) is 5.69 Å². The summed E-state index contributed by atoms with van der Waals surface area (Å²) < 4.78 is 40.0. The molecule has 1 aromatic carbocycles. The van der Waals surface area contributed by atoms with E-state index in [0.29, 0.717) is 0 Å². The number of nitrogens with two attached hydrogens (primary N) is 2. The maximum absolute atomic E-state index is 13.5. The van der Waals surface area contributed by atoms with Gasteiger partial charge in [-0.1, -0.05) is 0 Å². The van der Waals surface area contributed by atoms with Crippen LogP contribution >= 0.6 is 0 Å². The topological polar surface area (TPSA) is 68.2 Å². The van der Waals surface area contributed by atoms with Gasteiger partial charge < -0.3 is 10.7 Å². The zero-order valence-electron chi connectivity index (χ0n) is 8.84. The molecule has 90 valence electrons. The lowest BCUT2D eigenvalue weighted by Gasteiger charge is -2.17. The number of hydrogen-bond donors (Lipinski definition) is 2. The summed E-state index contributed by atoms with van der Waals surface area (Å²) in [5.41, 5.74) is 5.63. The molecule has 0 fully saturated rings. The molecule has 0 aliphatic heterocycles. The first-order valence-electron chi connectivity index (χ1n) is 4.64. The van der Waals surface area contributed by atoms with Crippen LogP contribution in [0.5, 0.6) is 0 Å². The van der Waals surface area contributed by atoms with Gasteiger partial charge >= 0.3 is 0 Å². The molecule has 2 rings (SSSR count). The van der Waals surface area contributed by atoms with E-state index in [-0.39, 0.29) is 16.9 Å². The molecule has 0 aliphatic rings. The van der Waals surface area contributed by atoms with Gasteiger partial charge in [-0.15, -0.1) is 0 Å². The first-order valence-corrected chi connectivity index (χ1v) is 4.64. The Morgan fingerprint density at radius 1 is 1.24 bits per heavy atom. The Balaban J connectivity index is 2.99. The molecule has 0 aliphatic carbocycles. The number of hydrazine groups is 1. The van der Waals surface area contributed by atoms with Crippen LogP contribution in [0, 0.1) is 17.6 Å². The lowest BCUT2D eigenvalue weighted by molar-refractivity contribution is 0.508. The van der Waals surface area contributed by atoms with Crippen LogP contribution in [-0.2, 0) is 0 Å². The Labute approximate surface area is 94.6 Å². The molecule has 4 N–H and O–H groups in total. The number of nitrogens with zero attached hydrogens (tertiary/aromatic N) is 2. The Morgan fingerprint density at radius 2 is 1.88 bits per heavy atom. The van der Waals surface area contributed by atoms with E-state index in [1.807, 2.05) is 0 Å². The number of halogens is 3. The van der Waals surface area contributed by atoms with Crippen LogP contribution in [-0.4, -0.2) is 12.0 Å². The van der Waals surface area contributed by atoms with Crippen LogP contribution in [0.4, 0.5) is 24.7 Å². The minimum absolute atomic E-state index is 0.0684. The van der Waals surface area contributed by atoms with E-state index in [9.17, 15) is 13.2 Å². The third kappa shape index (κ3) is 1.64. The van der Waals surface area contributed by atoms with Gasteiger partial charge in [-0.2, -0.15) is 9.37 Å². The largest absolute Gasteiger partial charge is 0.382 e. The number of fused-ring (bicyclic) bond motifs is 1. The van der Waals surface area contributed by atoms with E-state index in [1.54, 1.807) is 0 Å². The van der Waals surface area contributed by atoms with Crippen molar-refractivity contribution in [2.24, 2.45) is 5.84 Å². The average Bonchev–Trinajstić information content (AvgIpc) is 2.22. The van der Waals surface area contributed by atoms with Crippen molar-refractivity contribution in [1.29, 1.82) is 0 Å². The zero-order valence-corrected chi connectivity index (χ0v) is 8.84. The highest BCUT2D eigenvalue weighted by atomic mass is 19.2. The van der Waals surface area contributed by atoms with Crippen molar-refractivity contribution < 1.29 is 13.2 Å². The molecule has 0 amide bonds. The molecular weight excluding hydrogens is 233 g/mol. The summed E-state index contributed by atoms with van der Waals surface area (Å²) in [5, 5.41) is 0.576. The zero-order chi connectivity index (χ0) is 12.7. The summed E-state index contributed by atoms with van der Waals surface area (Å²) in [4.78, 5) is 3.31. The third-order valence-corrected chi connectivity index (χ3v) is 2.37. The Hall–Kier alpha value is -2.02. The van der Waals surface area contributed by atoms with E-state index in [0.717, 1.165) is 11.1 Å². The second-order valence-corrected chi connectivity index (χ2v) is 3.53. The van der Waals surface area contributed by atoms with E-state index < -0.39 is 23.0 Å². The van der Waals surface area contributed by atoms with Crippen LogP contribution in [0.15, 0.2) is 12.1 Å². The molecule has 17 heavy (non-hydrogen) atoms. The molecule has 2 aromatic rings. The molecule has 0 saturated carbocycles. The van der Waals surface area contributed by atoms with Crippen molar-refractivity contribution >= 4 is 22.3 Å². The Kier molecular flexibility index (Phi) is 2.55. The lowest BCUT2D eigenvalue weighted by atomic mass is 10.1. The van der Waals surface area contributed by atoms with Gasteiger partial charge in [-0.05, 0) is 12.1 Å². The van der Waals surface area contributed by atoms with Crippen LogP contribution in [0.1, 0.15) is 0 Å². The summed E-state index contributed by atoms with van der Waals surface area (Å²) >= 11 is 0. The first kappa shape index (κ1) is 11.5. The van der Waals surface area contributed by atoms with Crippen molar-refractivity contribution in [2.75, 3.05) is 17.8 Å². The van der Waals surface area contributed by atoms with E-state index in [4.69, 9.17) is 11.6 Å². The van der Waals surface area contributed by atoms with Crippen molar-refractivity contribution in [2.45, 2.75) is 0 Å². The molecule has 0 radical (unpaired) electrons. The number of nitrogen functional groups attached to an aromatic ring is 1. The summed E-state index contributed by atoms with van der Waals surface area (Å²) in [5.74, 6) is 1.67. The monoisotopic (exact) mass is 242 g/mol. The first-order chi connectivity index (χ1) is 7.93. The molecular formula is C10H9F3N4. The van der Waals surface area contributed by atoms with Gasteiger partial charge in [-0.25, -0.2) is 14.6 Å². The van der Waals surface area contributed by atoms with E-state index in [1.165, 1.54) is 13.1 Å². The quantitative estimate of drug-likeness (QED) is 0.452.